The number of rotatable bonds is 4. The minimum absolute atomic E-state index is 0.121. The Kier molecular flexibility index (Phi) is 4.34. The zero-order chi connectivity index (χ0) is 12.4. The second-order valence-corrected chi connectivity index (χ2v) is 7.03. The normalized spacial score (nSPS) is 21.2. The molecular weight excluding hydrogens is 226 g/mol. The summed E-state index contributed by atoms with van der Waals surface area (Å²) in [6, 6.07) is 0. The van der Waals surface area contributed by atoms with Crippen LogP contribution < -0.4 is 4.72 Å². The van der Waals surface area contributed by atoms with E-state index in [0.717, 1.165) is 26.2 Å². The van der Waals surface area contributed by atoms with Crippen LogP contribution in [0.5, 0.6) is 0 Å². The smallest absolute Gasteiger partial charge is 0.208 e. The van der Waals surface area contributed by atoms with Gasteiger partial charge in [-0.05, 0) is 20.9 Å². The van der Waals surface area contributed by atoms with Gasteiger partial charge in [0.25, 0.3) is 0 Å². The summed E-state index contributed by atoms with van der Waals surface area (Å²) in [5.74, 6) is 0. The van der Waals surface area contributed by atoms with E-state index in [1.165, 1.54) is 6.26 Å². The number of nitrogens with zero attached hydrogens (tertiary/aromatic N) is 2. The Morgan fingerprint density at radius 3 is 2.12 bits per heavy atom. The lowest BCUT2D eigenvalue weighted by molar-refractivity contribution is 0.0652. The first-order chi connectivity index (χ1) is 7.21. The Labute approximate surface area is 98.8 Å². The van der Waals surface area contributed by atoms with Crippen molar-refractivity contribution in [3.05, 3.63) is 0 Å². The highest BCUT2D eigenvalue weighted by molar-refractivity contribution is 7.88. The molecule has 1 saturated heterocycles. The lowest BCUT2D eigenvalue weighted by atomic mass is 10.0. The van der Waals surface area contributed by atoms with E-state index in [-0.39, 0.29) is 5.54 Å². The third-order valence-electron chi connectivity index (χ3n) is 3.13. The van der Waals surface area contributed by atoms with Crippen LogP contribution in [0.25, 0.3) is 0 Å². The van der Waals surface area contributed by atoms with Crippen LogP contribution >= 0.6 is 0 Å². The first kappa shape index (κ1) is 13.9. The van der Waals surface area contributed by atoms with E-state index in [4.69, 9.17) is 0 Å². The van der Waals surface area contributed by atoms with Crippen LogP contribution in [0.15, 0.2) is 0 Å². The Morgan fingerprint density at radius 1 is 1.19 bits per heavy atom. The quantitative estimate of drug-likeness (QED) is 0.734. The summed E-state index contributed by atoms with van der Waals surface area (Å²) < 4.78 is 24.7. The molecule has 0 aliphatic carbocycles. The van der Waals surface area contributed by atoms with Crippen LogP contribution in [-0.4, -0.2) is 69.8 Å². The van der Waals surface area contributed by atoms with Crippen molar-refractivity contribution < 1.29 is 8.42 Å². The molecule has 0 saturated carbocycles. The Balaban J connectivity index is 2.50. The molecule has 96 valence electrons. The van der Waals surface area contributed by atoms with E-state index in [2.05, 4.69) is 35.4 Å². The molecule has 1 aliphatic rings. The summed E-state index contributed by atoms with van der Waals surface area (Å²) in [6.07, 6.45) is 1.20. The third-order valence-corrected chi connectivity index (χ3v) is 3.80. The molecule has 1 aliphatic heterocycles. The average Bonchev–Trinajstić information content (AvgIpc) is 2.15. The van der Waals surface area contributed by atoms with Gasteiger partial charge in [0.1, 0.15) is 0 Å². The predicted molar refractivity (Wildman–Crippen MR) is 66.0 cm³/mol. The fourth-order valence-corrected chi connectivity index (χ4v) is 2.45. The van der Waals surface area contributed by atoms with E-state index < -0.39 is 10.0 Å². The van der Waals surface area contributed by atoms with Crippen LogP contribution in [-0.2, 0) is 10.0 Å². The molecule has 1 N–H and O–H groups in total. The van der Waals surface area contributed by atoms with Gasteiger partial charge in [-0.1, -0.05) is 0 Å². The molecule has 1 heterocycles. The molecule has 6 heteroatoms. The predicted octanol–water partition coefficient (Wildman–Crippen LogP) is -0.438. The van der Waals surface area contributed by atoms with E-state index >= 15 is 0 Å². The van der Waals surface area contributed by atoms with Gasteiger partial charge in [0.2, 0.25) is 10.0 Å². The molecule has 1 fully saturated rings. The molecule has 0 bridgehead atoms. The van der Waals surface area contributed by atoms with Gasteiger partial charge < -0.3 is 4.90 Å². The summed E-state index contributed by atoms with van der Waals surface area (Å²) in [7, 11) is -0.984. The summed E-state index contributed by atoms with van der Waals surface area (Å²) in [6.45, 7) is 8.71. The Morgan fingerprint density at radius 2 is 1.69 bits per heavy atom. The van der Waals surface area contributed by atoms with Gasteiger partial charge >= 0.3 is 0 Å². The molecule has 0 aromatic rings. The molecule has 0 amide bonds. The third kappa shape index (κ3) is 4.37. The monoisotopic (exact) mass is 249 g/mol. The van der Waals surface area contributed by atoms with Crippen molar-refractivity contribution in [3.8, 4) is 0 Å². The first-order valence-electron chi connectivity index (χ1n) is 5.59. The van der Waals surface area contributed by atoms with E-state index in [0.29, 0.717) is 6.54 Å². The van der Waals surface area contributed by atoms with E-state index in [9.17, 15) is 8.42 Å². The summed E-state index contributed by atoms with van der Waals surface area (Å²) in [5, 5.41) is 0. The van der Waals surface area contributed by atoms with Gasteiger partial charge in [-0.2, -0.15) is 0 Å². The van der Waals surface area contributed by atoms with Crippen molar-refractivity contribution >= 4 is 10.0 Å². The summed E-state index contributed by atoms with van der Waals surface area (Å²) >= 11 is 0. The number of sulfonamides is 1. The maximum absolute atomic E-state index is 11.1. The summed E-state index contributed by atoms with van der Waals surface area (Å²) in [4.78, 5) is 4.63. The molecule has 0 unspecified atom stereocenters. The van der Waals surface area contributed by atoms with Crippen LogP contribution in [0.2, 0.25) is 0 Å². The molecule has 1 rings (SSSR count). The Hall–Kier alpha value is -0.170. The van der Waals surface area contributed by atoms with Crippen molar-refractivity contribution in [1.82, 2.24) is 14.5 Å². The molecule has 5 nitrogen and oxygen atoms in total. The second kappa shape index (κ2) is 5.00. The van der Waals surface area contributed by atoms with Crippen LogP contribution in [0.1, 0.15) is 13.8 Å². The minimum Gasteiger partial charge on any atom is -0.304 e. The van der Waals surface area contributed by atoms with Crippen molar-refractivity contribution in [3.63, 3.8) is 0 Å². The second-order valence-electron chi connectivity index (χ2n) is 5.20. The SMILES string of the molecule is CN1CCN(C(C)(C)CNS(C)(=O)=O)CC1. The maximum Gasteiger partial charge on any atom is 0.208 e. The standard InChI is InChI=1S/C10H23N3O2S/c1-10(2,9-11-16(4,14)15)13-7-5-12(3)6-8-13/h11H,5-9H2,1-4H3. The number of likely N-dealkylation sites (N-methyl/N-ethyl adjacent to an activating group) is 1. The minimum atomic E-state index is -3.09. The van der Waals surface area contributed by atoms with Crippen molar-refractivity contribution in [1.29, 1.82) is 0 Å². The lowest BCUT2D eigenvalue weighted by Crippen LogP contribution is -2.57. The molecular formula is C10H23N3O2S. The highest BCUT2D eigenvalue weighted by atomic mass is 32.2. The van der Waals surface area contributed by atoms with Gasteiger partial charge in [0.15, 0.2) is 0 Å². The fraction of sp³-hybridized carbons (Fsp3) is 1.00. The van der Waals surface area contributed by atoms with Crippen molar-refractivity contribution in [2.24, 2.45) is 0 Å². The maximum atomic E-state index is 11.1. The zero-order valence-electron chi connectivity index (χ0n) is 10.7. The van der Waals surface area contributed by atoms with Crippen LogP contribution in [0.3, 0.4) is 0 Å². The van der Waals surface area contributed by atoms with Crippen LogP contribution in [0.4, 0.5) is 0 Å². The molecule has 0 aromatic carbocycles. The highest BCUT2D eigenvalue weighted by Gasteiger charge is 2.29. The van der Waals surface area contributed by atoms with Crippen LogP contribution in [0, 0.1) is 0 Å². The Bertz CT molecular complexity index is 319. The average molecular weight is 249 g/mol. The zero-order valence-corrected chi connectivity index (χ0v) is 11.5. The first-order valence-corrected chi connectivity index (χ1v) is 7.48. The van der Waals surface area contributed by atoms with Gasteiger partial charge in [-0.25, -0.2) is 13.1 Å². The number of nitrogens with one attached hydrogen (secondary N) is 1. The number of hydrogen-bond donors (Lipinski definition) is 1. The van der Waals surface area contributed by atoms with Gasteiger partial charge in [-0.15, -0.1) is 0 Å². The molecule has 0 atom stereocenters. The number of piperazine rings is 1. The fourth-order valence-electron chi connectivity index (χ4n) is 1.83. The van der Waals surface area contributed by atoms with Crippen molar-refractivity contribution in [2.45, 2.75) is 19.4 Å². The summed E-state index contributed by atoms with van der Waals surface area (Å²) in [5.41, 5.74) is -0.121. The lowest BCUT2D eigenvalue weighted by Gasteiger charge is -2.43. The number of hydrogen-bond acceptors (Lipinski definition) is 4. The molecule has 0 radical (unpaired) electrons. The van der Waals surface area contributed by atoms with E-state index in [1.54, 1.807) is 0 Å². The molecule has 16 heavy (non-hydrogen) atoms. The van der Waals surface area contributed by atoms with Crippen molar-refractivity contribution in [2.75, 3.05) is 46.0 Å². The van der Waals surface area contributed by atoms with E-state index in [1.807, 2.05) is 0 Å². The van der Waals surface area contributed by atoms with Gasteiger partial charge in [0, 0.05) is 38.3 Å². The van der Waals surface area contributed by atoms with Gasteiger partial charge in [-0.3, -0.25) is 4.90 Å². The molecule has 0 spiro atoms. The highest BCUT2D eigenvalue weighted by Crippen LogP contribution is 2.15. The molecule has 0 aromatic heterocycles. The topological polar surface area (TPSA) is 52.6 Å². The van der Waals surface area contributed by atoms with Gasteiger partial charge in [0.05, 0.1) is 6.26 Å². The largest absolute Gasteiger partial charge is 0.304 e.